The van der Waals surface area contributed by atoms with Crippen LogP contribution in [0.2, 0.25) is 0 Å². The number of rotatable bonds is 6. The molecule has 29 heavy (non-hydrogen) atoms. The van der Waals surface area contributed by atoms with Gasteiger partial charge in [0.15, 0.2) is 5.82 Å². The number of methoxy groups -OCH3 is 1. The van der Waals surface area contributed by atoms with Crippen LogP contribution in [-0.4, -0.2) is 34.9 Å². The predicted octanol–water partition coefficient (Wildman–Crippen LogP) is 5.29. The molecule has 0 spiro atoms. The first-order valence-electron chi connectivity index (χ1n) is 9.84. The fourth-order valence-corrected chi connectivity index (χ4v) is 5.69. The van der Waals surface area contributed by atoms with Crippen molar-refractivity contribution < 1.29 is 14.3 Å². The van der Waals surface area contributed by atoms with Crippen molar-refractivity contribution in [2.24, 2.45) is 0 Å². The summed E-state index contributed by atoms with van der Waals surface area (Å²) >= 11 is 3.22. The van der Waals surface area contributed by atoms with E-state index in [1.54, 1.807) is 18.4 Å². The summed E-state index contributed by atoms with van der Waals surface area (Å²) in [7, 11) is 1.65. The molecule has 1 aromatic carbocycles. The first-order chi connectivity index (χ1) is 14.0. The molecule has 7 heteroatoms. The molecule has 1 aliphatic rings. The van der Waals surface area contributed by atoms with Crippen LogP contribution in [0.25, 0.3) is 21.6 Å². The molecule has 0 aliphatic heterocycles. The van der Waals surface area contributed by atoms with Crippen molar-refractivity contribution in [2.75, 3.05) is 12.9 Å². The lowest BCUT2D eigenvalue weighted by Crippen LogP contribution is -2.13. The van der Waals surface area contributed by atoms with E-state index in [-0.39, 0.29) is 17.8 Å². The van der Waals surface area contributed by atoms with Crippen LogP contribution in [0.4, 0.5) is 0 Å². The van der Waals surface area contributed by atoms with Crippen LogP contribution >= 0.6 is 23.1 Å². The molecule has 0 radical (unpaired) electrons. The van der Waals surface area contributed by atoms with Crippen molar-refractivity contribution in [3.05, 3.63) is 34.7 Å². The van der Waals surface area contributed by atoms with Crippen molar-refractivity contribution in [1.82, 2.24) is 9.97 Å². The summed E-state index contributed by atoms with van der Waals surface area (Å²) in [4.78, 5) is 24.3. The molecule has 0 amide bonds. The van der Waals surface area contributed by atoms with E-state index >= 15 is 0 Å². The highest BCUT2D eigenvalue weighted by Gasteiger charge is 2.22. The van der Waals surface area contributed by atoms with Crippen LogP contribution in [0.5, 0.6) is 5.75 Å². The fraction of sp³-hybridized carbons (Fsp3) is 0.409. The molecule has 2 heterocycles. The Bertz CT molecular complexity index is 1030. The topological polar surface area (TPSA) is 61.3 Å². The molecule has 1 aliphatic carbocycles. The summed E-state index contributed by atoms with van der Waals surface area (Å²) in [6, 6.07) is 7.76. The average molecular weight is 429 g/mol. The maximum Gasteiger partial charge on any atom is 0.316 e. The number of benzene rings is 1. The number of fused-ring (bicyclic) bond motifs is 3. The van der Waals surface area contributed by atoms with E-state index in [4.69, 9.17) is 19.4 Å². The van der Waals surface area contributed by atoms with Crippen LogP contribution in [0.3, 0.4) is 0 Å². The van der Waals surface area contributed by atoms with Gasteiger partial charge in [0.1, 0.15) is 15.6 Å². The number of hydrogen-bond donors (Lipinski definition) is 0. The van der Waals surface area contributed by atoms with Gasteiger partial charge in [-0.1, -0.05) is 11.8 Å². The van der Waals surface area contributed by atoms with E-state index in [0.29, 0.717) is 5.82 Å². The lowest BCUT2D eigenvalue weighted by molar-refractivity contribution is -0.144. The molecular weight excluding hydrogens is 404 g/mol. The molecule has 0 bridgehead atoms. The van der Waals surface area contributed by atoms with E-state index in [0.717, 1.165) is 39.4 Å². The zero-order valence-corrected chi connectivity index (χ0v) is 18.5. The van der Waals surface area contributed by atoms with Crippen LogP contribution in [-0.2, 0) is 22.4 Å². The summed E-state index contributed by atoms with van der Waals surface area (Å²) in [5.41, 5.74) is 2.31. The largest absolute Gasteiger partial charge is 0.497 e. The zero-order chi connectivity index (χ0) is 20.4. The van der Waals surface area contributed by atoms with Gasteiger partial charge in [-0.25, -0.2) is 9.97 Å². The number of aromatic nitrogens is 2. The van der Waals surface area contributed by atoms with E-state index < -0.39 is 0 Å². The molecular formula is C22H24N2O3S2. The molecule has 0 unspecified atom stereocenters. The van der Waals surface area contributed by atoms with Gasteiger partial charge in [0.2, 0.25) is 0 Å². The lowest BCUT2D eigenvalue weighted by Gasteiger charge is -2.12. The molecule has 0 atom stereocenters. The Balaban J connectivity index is 1.74. The summed E-state index contributed by atoms with van der Waals surface area (Å²) in [5, 5.41) is 2.00. The molecule has 0 saturated carbocycles. The first-order valence-corrected chi connectivity index (χ1v) is 11.6. The molecule has 2 aromatic heterocycles. The quantitative estimate of drug-likeness (QED) is 0.302. The number of thiophene rings is 1. The highest BCUT2D eigenvalue weighted by molar-refractivity contribution is 8.00. The number of hydrogen-bond acceptors (Lipinski definition) is 7. The Labute approximate surface area is 178 Å². The number of aryl methyl sites for hydroxylation is 2. The number of esters is 1. The standard InChI is InChI=1S/C22H24N2O3S2/c1-13(2)27-18(25)12-28-21-19-16-6-4-5-7-17(16)29-22(19)24-20(23-21)14-8-10-15(26-3)11-9-14/h8-11,13H,4-7,12H2,1-3H3. The van der Waals surface area contributed by atoms with Gasteiger partial charge in [-0.15, -0.1) is 11.3 Å². The van der Waals surface area contributed by atoms with Gasteiger partial charge >= 0.3 is 5.97 Å². The Morgan fingerprint density at radius 3 is 2.66 bits per heavy atom. The second-order valence-corrected chi connectivity index (χ2v) is 9.35. The number of nitrogens with zero attached hydrogens (tertiary/aromatic N) is 2. The van der Waals surface area contributed by atoms with Gasteiger partial charge in [-0.05, 0) is 69.4 Å². The zero-order valence-electron chi connectivity index (χ0n) is 16.9. The monoisotopic (exact) mass is 428 g/mol. The van der Waals surface area contributed by atoms with Crippen molar-refractivity contribution in [1.29, 1.82) is 0 Å². The Kier molecular flexibility index (Phi) is 6.06. The maximum atomic E-state index is 12.1. The van der Waals surface area contributed by atoms with Gasteiger partial charge in [0.05, 0.1) is 19.0 Å². The summed E-state index contributed by atoms with van der Waals surface area (Å²) in [6.07, 6.45) is 4.47. The number of carbonyl (C=O) groups is 1. The summed E-state index contributed by atoms with van der Waals surface area (Å²) < 4.78 is 10.6. The average Bonchev–Trinajstić information content (AvgIpc) is 3.10. The fourth-order valence-electron chi connectivity index (χ4n) is 3.52. The smallest absolute Gasteiger partial charge is 0.316 e. The number of thioether (sulfide) groups is 1. The minimum Gasteiger partial charge on any atom is -0.497 e. The van der Waals surface area contributed by atoms with E-state index in [1.165, 1.54) is 35.0 Å². The molecule has 0 fully saturated rings. The third kappa shape index (κ3) is 4.41. The van der Waals surface area contributed by atoms with Crippen molar-refractivity contribution in [2.45, 2.75) is 50.7 Å². The Morgan fingerprint density at radius 1 is 1.17 bits per heavy atom. The van der Waals surface area contributed by atoms with Crippen molar-refractivity contribution >= 4 is 39.3 Å². The molecule has 0 N–H and O–H groups in total. The minimum atomic E-state index is -0.216. The molecule has 3 aromatic rings. The van der Waals surface area contributed by atoms with Gasteiger partial charge in [-0.2, -0.15) is 0 Å². The number of ether oxygens (including phenoxy) is 2. The molecule has 5 nitrogen and oxygen atoms in total. The maximum absolute atomic E-state index is 12.1. The van der Waals surface area contributed by atoms with Crippen LogP contribution < -0.4 is 4.74 Å². The highest BCUT2D eigenvalue weighted by Crippen LogP contribution is 2.40. The number of carbonyl (C=O) groups excluding carboxylic acids is 1. The van der Waals surface area contributed by atoms with E-state index in [1.807, 2.05) is 38.1 Å². The van der Waals surface area contributed by atoms with Gasteiger partial charge in [0.25, 0.3) is 0 Å². The van der Waals surface area contributed by atoms with Crippen LogP contribution in [0, 0.1) is 0 Å². The van der Waals surface area contributed by atoms with Crippen molar-refractivity contribution in [3.8, 4) is 17.1 Å². The first kappa shape index (κ1) is 20.2. The minimum absolute atomic E-state index is 0.114. The van der Waals surface area contributed by atoms with E-state index in [9.17, 15) is 4.79 Å². The summed E-state index contributed by atoms with van der Waals surface area (Å²) in [5.74, 6) is 1.51. The normalized spacial score (nSPS) is 13.5. The van der Waals surface area contributed by atoms with Gasteiger partial charge in [0, 0.05) is 15.8 Å². The predicted molar refractivity (Wildman–Crippen MR) is 118 cm³/mol. The van der Waals surface area contributed by atoms with Crippen molar-refractivity contribution in [3.63, 3.8) is 0 Å². The molecule has 0 saturated heterocycles. The third-order valence-corrected chi connectivity index (χ3v) is 6.96. The van der Waals surface area contributed by atoms with E-state index in [2.05, 4.69) is 0 Å². The highest BCUT2D eigenvalue weighted by atomic mass is 32.2. The Morgan fingerprint density at radius 2 is 1.93 bits per heavy atom. The Hall–Kier alpha value is -2.12. The second kappa shape index (κ2) is 8.71. The molecule has 4 rings (SSSR count). The van der Waals surface area contributed by atoms with Crippen LogP contribution in [0.15, 0.2) is 29.3 Å². The molecule has 152 valence electrons. The summed E-state index contributed by atoms with van der Waals surface area (Å²) in [6.45, 7) is 3.73. The lowest BCUT2D eigenvalue weighted by atomic mass is 9.97. The third-order valence-electron chi connectivity index (χ3n) is 4.82. The van der Waals surface area contributed by atoms with Gasteiger partial charge < -0.3 is 9.47 Å². The van der Waals surface area contributed by atoms with Crippen LogP contribution in [0.1, 0.15) is 37.1 Å². The SMILES string of the molecule is COc1ccc(-c2nc(SCC(=O)OC(C)C)c3c4c(sc3n2)CCCC4)cc1. The second-order valence-electron chi connectivity index (χ2n) is 7.30. The van der Waals surface area contributed by atoms with Gasteiger partial charge in [-0.3, -0.25) is 4.79 Å².